The summed E-state index contributed by atoms with van der Waals surface area (Å²) in [6.45, 7) is 0. The van der Waals surface area contributed by atoms with Gasteiger partial charge >= 0.3 is 0 Å². The zero-order valence-electron chi connectivity index (χ0n) is 26.6. The van der Waals surface area contributed by atoms with Crippen LogP contribution in [0, 0.1) is 0 Å². The van der Waals surface area contributed by atoms with E-state index in [-0.39, 0.29) is 0 Å². The standard InChI is InChI=1S/C46H30N2O/c1-2-15-31(16-3-1)33-18-6-9-22-38(33)48(43-27-14-28-44-45(43)37-30-29-32-17-4-5-19-34(32)46(37)49-44)42-26-13-12-25-41(42)47-39-23-10-7-20-35(39)36-21-8-11-24-40(36)47/h1-30H. The first-order valence-corrected chi connectivity index (χ1v) is 16.7. The number of hydrogen-bond donors (Lipinski definition) is 0. The molecule has 3 nitrogen and oxygen atoms in total. The maximum atomic E-state index is 6.73. The summed E-state index contributed by atoms with van der Waals surface area (Å²) in [6.07, 6.45) is 0. The number of hydrogen-bond acceptors (Lipinski definition) is 2. The molecule has 2 heterocycles. The molecular formula is C46H30N2O. The van der Waals surface area contributed by atoms with Gasteiger partial charge in [0.1, 0.15) is 11.2 Å². The zero-order valence-corrected chi connectivity index (χ0v) is 26.6. The van der Waals surface area contributed by atoms with Crippen molar-refractivity contribution in [3.8, 4) is 16.8 Å². The minimum Gasteiger partial charge on any atom is -0.455 e. The first kappa shape index (κ1) is 27.5. The molecule has 0 saturated heterocycles. The van der Waals surface area contributed by atoms with Crippen LogP contribution in [0.25, 0.3) is 71.3 Å². The summed E-state index contributed by atoms with van der Waals surface area (Å²) in [5.41, 5.74) is 10.7. The highest BCUT2D eigenvalue weighted by Crippen LogP contribution is 2.48. The first-order valence-electron chi connectivity index (χ1n) is 16.7. The summed E-state index contributed by atoms with van der Waals surface area (Å²) in [4.78, 5) is 2.44. The average molecular weight is 627 g/mol. The smallest absolute Gasteiger partial charge is 0.143 e. The van der Waals surface area contributed by atoms with Crippen molar-refractivity contribution >= 4 is 71.6 Å². The molecule has 0 aliphatic rings. The van der Waals surface area contributed by atoms with Crippen molar-refractivity contribution in [2.45, 2.75) is 0 Å². The van der Waals surface area contributed by atoms with E-state index in [1.165, 1.54) is 27.2 Å². The minimum atomic E-state index is 0.861. The van der Waals surface area contributed by atoms with Crippen molar-refractivity contribution in [1.29, 1.82) is 0 Å². The molecule has 0 aliphatic carbocycles. The van der Waals surface area contributed by atoms with Crippen LogP contribution >= 0.6 is 0 Å². The van der Waals surface area contributed by atoms with Crippen LogP contribution in [0.2, 0.25) is 0 Å². The first-order chi connectivity index (χ1) is 24.3. The Morgan fingerprint density at radius 3 is 1.82 bits per heavy atom. The molecule has 0 aliphatic heterocycles. The number of benzene rings is 8. The lowest BCUT2D eigenvalue weighted by Crippen LogP contribution is -2.14. The van der Waals surface area contributed by atoms with Gasteiger partial charge in [0.25, 0.3) is 0 Å². The molecule has 8 aromatic carbocycles. The molecule has 0 unspecified atom stereocenters. The SMILES string of the molecule is c1ccc(-c2ccccc2N(c2ccccc2-n2c3ccccc3c3ccccc32)c2cccc3oc4c5ccccc5ccc4c23)cc1. The van der Waals surface area contributed by atoms with Crippen molar-refractivity contribution in [2.24, 2.45) is 0 Å². The maximum Gasteiger partial charge on any atom is 0.143 e. The highest BCUT2D eigenvalue weighted by Gasteiger charge is 2.25. The lowest BCUT2D eigenvalue weighted by molar-refractivity contribution is 0.672. The van der Waals surface area contributed by atoms with Crippen LogP contribution < -0.4 is 4.90 Å². The van der Waals surface area contributed by atoms with Gasteiger partial charge in [-0.3, -0.25) is 0 Å². The van der Waals surface area contributed by atoms with Gasteiger partial charge in [0.2, 0.25) is 0 Å². The second-order valence-electron chi connectivity index (χ2n) is 12.5. The molecule has 3 heteroatoms. The van der Waals surface area contributed by atoms with Gasteiger partial charge in [-0.05, 0) is 59.5 Å². The Balaban J connectivity index is 1.34. The summed E-state index contributed by atoms with van der Waals surface area (Å²) in [5.74, 6) is 0. The third-order valence-corrected chi connectivity index (χ3v) is 9.78. The Bertz CT molecular complexity index is 2790. The number of nitrogens with zero attached hydrogens (tertiary/aromatic N) is 2. The summed E-state index contributed by atoms with van der Waals surface area (Å²) in [5, 5.41) is 6.93. The Morgan fingerprint density at radius 2 is 1.02 bits per heavy atom. The van der Waals surface area contributed by atoms with E-state index in [1.807, 2.05) is 0 Å². The molecule has 0 spiro atoms. The fourth-order valence-corrected chi connectivity index (χ4v) is 7.67. The van der Waals surface area contributed by atoms with E-state index in [1.54, 1.807) is 0 Å². The van der Waals surface area contributed by atoms with E-state index >= 15 is 0 Å². The van der Waals surface area contributed by atoms with Crippen molar-refractivity contribution in [3.05, 3.63) is 182 Å². The van der Waals surface area contributed by atoms with Crippen molar-refractivity contribution in [3.63, 3.8) is 0 Å². The van der Waals surface area contributed by atoms with Gasteiger partial charge < -0.3 is 13.9 Å². The monoisotopic (exact) mass is 626 g/mol. The van der Waals surface area contributed by atoms with Gasteiger partial charge in [-0.2, -0.15) is 0 Å². The van der Waals surface area contributed by atoms with Gasteiger partial charge in [-0.15, -0.1) is 0 Å². The molecule has 2 aromatic heterocycles. The number of rotatable bonds is 5. The highest BCUT2D eigenvalue weighted by molar-refractivity contribution is 6.20. The van der Waals surface area contributed by atoms with E-state index in [4.69, 9.17) is 4.42 Å². The highest BCUT2D eigenvalue weighted by atomic mass is 16.3. The average Bonchev–Trinajstić information content (AvgIpc) is 3.73. The van der Waals surface area contributed by atoms with Crippen LogP contribution in [0.1, 0.15) is 0 Å². The summed E-state index contributed by atoms with van der Waals surface area (Å²) in [6, 6.07) is 64.9. The lowest BCUT2D eigenvalue weighted by Gasteiger charge is -2.30. The number of para-hydroxylation sites is 5. The Labute approximate surface area is 283 Å². The molecule has 0 saturated carbocycles. The quantitative estimate of drug-likeness (QED) is 0.190. The van der Waals surface area contributed by atoms with E-state index in [0.717, 1.165) is 61.2 Å². The predicted molar refractivity (Wildman–Crippen MR) is 206 cm³/mol. The largest absolute Gasteiger partial charge is 0.455 e. The third kappa shape index (κ3) is 4.23. The molecule has 10 rings (SSSR count). The van der Waals surface area contributed by atoms with Crippen LogP contribution in [0.15, 0.2) is 186 Å². The number of anilines is 3. The zero-order chi connectivity index (χ0) is 32.3. The molecule has 0 fully saturated rings. The molecule has 0 amide bonds. The van der Waals surface area contributed by atoms with Crippen LogP contribution in [0.3, 0.4) is 0 Å². The molecule has 0 bridgehead atoms. The molecule has 49 heavy (non-hydrogen) atoms. The summed E-state index contributed by atoms with van der Waals surface area (Å²) < 4.78 is 9.15. The van der Waals surface area contributed by atoms with Crippen LogP contribution in [-0.2, 0) is 0 Å². The van der Waals surface area contributed by atoms with Crippen molar-refractivity contribution in [2.75, 3.05) is 4.90 Å². The van der Waals surface area contributed by atoms with Gasteiger partial charge in [-0.25, -0.2) is 0 Å². The second-order valence-corrected chi connectivity index (χ2v) is 12.5. The van der Waals surface area contributed by atoms with Gasteiger partial charge in [0, 0.05) is 27.1 Å². The summed E-state index contributed by atoms with van der Waals surface area (Å²) >= 11 is 0. The third-order valence-electron chi connectivity index (χ3n) is 9.78. The Morgan fingerprint density at radius 1 is 0.408 bits per heavy atom. The number of furan rings is 1. The van der Waals surface area contributed by atoms with Gasteiger partial charge in [0.15, 0.2) is 0 Å². The van der Waals surface area contributed by atoms with Crippen molar-refractivity contribution < 1.29 is 4.42 Å². The summed E-state index contributed by atoms with van der Waals surface area (Å²) in [7, 11) is 0. The van der Waals surface area contributed by atoms with E-state index in [2.05, 4.69) is 191 Å². The molecular weight excluding hydrogens is 597 g/mol. The molecule has 0 radical (unpaired) electrons. The maximum absolute atomic E-state index is 6.73. The van der Waals surface area contributed by atoms with E-state index < -0.39 is 0 Å². The number of fused-ring (bicyclic) bond motifs is 8. The van der Waals surface area contributed by atoms with E-state index in [0.29, 0.717) is 0 Å². The Kier molecular flexibility index (Phi) is 6.18. The van der Waals surface area contributed by atoms with Crippen molar-refractivity contribution in [1.82, 2.24) is 4.57 Å². The lowest BCUT2D eigenvalue weighted by atomic mass is 10.00. The van der Waals surface area contributed by atoms with Crippen LogP contribution in [0.4, 0.5) is 17.1 Å². The topological polar surface area (TPSA) is 21.3 Å². The predicted octanol–water partition coefficient (Wildman–Crippen LogP) is 13.0. The van der Waals surface area contributed by atoms with E-state index in [9.17, 15) is 0 Å². The van der Waals surface area contributed by atoms with Gasteiger partial charge in [-0.1, -0.05) is 133 Å². The molecule has 0 N–H and O–H groups in total. The molecule has 230 valence electrons. The van der Waals surface area contributed by atoms with Gasteiger partial charge in [0.05, 0.1) is 39.2 Å². The fourth-order valence-electron chi connectivity index (χ4n) is 7.67. The molecule has 10 aromatic rings. The van der Waals surface area contributed by atoms with Crippen LogP contribution in [-0.4, -0.2) is 4.57 Å². The number of aromatic nitrogens is 1. The second kappa shape index (κ2) is 11.0. The fraction of sp³-hybridized carbons (Fsp3) is 0. The Hall–Kier alpha value is -6.58. The minimum absolute atomic E-state index is 0.861. The normalized spacial score (nSPS) is 11.7. The molecule has 0 atom stereocenters. The van der Waals surface area contributed by atoms with Crippen LogP contribution in [0.5, 0.6) is 0 Å².